The highest BCUT2D eigenvalue weighted by Crippen LogP contribution is 2.28. The van der Waals surface area contributed by atoms with E-state index >= 15 is 0 Å². The smallest absolute Gasteiger partial charge is 0.171 e. The highest BCUT2D eigenvalue weighted by atomic mass is 35.5. The maximum absolute atomic E-state index is 5.92. The molecule has 3 rings (SSSR count). The van der Waals surface area contributed by atoms with Gasteiger partial charge in [0.2, 0.25) is 0 Å². The molecule has 0 amide bonds. The lowest BCUT2D eigenvalue weighted by Crippen LogP contribution is -1.86. The van der Waals surface area contributed by atoms with E-state index in [1.165, 1.54) is 0 Å². The molecule has 1 radical (unpaired) electrons. The Balaban J connectivity index is 1.97. The zero-order valence-corrected chi connectivity index (χ0v) is 9.53. The van der Waals surface area contributed by atoms with Crippen molar-refractivity contribution in [2.45, 2.75) is 0 Å². The number of pyridine rings is 1. The van der Waals surface area contributed by atoms with Gasteiger partial charge in [0.1, 0.15) is 5.75 Å². The molecule has 0 fully saturated rings. The summed E-state index contributed by atoms with van der Waals surface area (Å²) < 4.78 is 5.66. The second kappa shape index (κ2) is 4.11. The van der Waals surface area contributed by atoms with Gasteiger partial charge in [0.25, 0.3) is 0 Å². The lowest BCUT2D eigenvalue weighted by atomic mass is 10.2. The van der Waals surface area contributed by atoms with E-state index in [9.17, 15) is 0 Å². The topological polar surface area (TPSA) is 37.9 Å². The molecule has 0 aliphatic carbocycles. The largest absolute Gasteiger partial charge is 0.454 e. The summed E-state index contributed by atoms with van der Waals surface area (Å²) >= 11 is 5.92. The Morgan fingerprint density at radius 1 is 1.29 bits per heavy atom. The van der Waals surface area contributed by atoms with E-state index in [2.05, 4.69) is 16.0 Å². The molecule has 0 aliphatic heterocycles. The van der Waals surface area contributed by atoms with Crippen molar-refractivity contribution in [2.24, 2.45) is 0 Å². The molecular formula is C13H8ClN2O. The summed E-state index contributed by atoms with van der Waals surface area (Å²) in [6, 6.07) is 12.3. The molecule has 0 spiro atoms. The average molecular weight is 244 g/mol. The Hall–Kier alpha value is -2.00. The molecule has 0 unspecified atom stereocenters. The third kappa shape index (κ3) is 1.97. The van der Waals surface area contributed by atoms with Gasteiger partial charge in [-0.3, -0.25) is 0 Å². The summed E-state index contributed by atoms with van der Waals surface area (Å²) in [7, 11) is 0. The Morgan fingerprint density at radius 3 is 3.12 bits per heavy atom. The predicted octanol–water partition coefficient (Wildman–Crippen LogP) is 3.81. The minimum atomic E-state index is 0.352. The fraction of sp³-hybridized carbons (Fsp3) is 0. The van der Waals surface area contributed by atoms with E-state index in [0.717, 1.165) is 10.9 Å². The van der Waals surface area contributed by atoms with Crippen LogP contribution in [0.4, 0.5) is 0 Å². The third-order valence-corrected chi connectivity index (χ3v) is 2.68. The zero-order valence-electron chi connectivity index (χ0n) is 8.77. The van der Waals surface area contributed by atoms with Gasteiger partial charge in [-0.2, -0.15) is 0 Å². The Morgan fingerprint density at radius 2 is 2.24 bits per heavy atom. The lowest BCUT2D eigenvalue weighted by molar-refractivity contribution is 0.481. The van der Waals surface area contributed by atoms with Crippen LogP contribution in [0.2, 0.25) is 5.15 Å². The van der Waals surface area contributed by atoms with Gasteiger partial charge in [-0.15, -0.1) is 0 Å². The average Bonchev–Trinajstić information content (AvgIpc) is 2.79. The molecule has 0 bridgehead atoms. The first kappa shape index (κ1) is 10.2. The summed E-state index contributed by atoms with van der Waals surface area (Å²) in [5.74, 6) is 1.26. The van der Waals surface area contributed by atoms with Crippen LogP contribution < -0.4 is 4.74 Å². The van der Waals surface area contributed by atoms with Crippen LogP contribution in [0.15, 0.2) is 42.7 Å². The monoisotopic (exact) mass is 243 g/mol. The number of H-pyrrole nitrogens is 1. The molecule has 0 atom stereocenters. The van der Waals surface area contributed by atoms with E-state index in [1.54, 1.807) is 24.5 Å². The number of ether oxygens (including phenoxy) is 1. The van der Waals surface area contributed by atoms with Crippen molar-refractivity contribution in [1.29, 1.82) is 0 Å². The molecule has 0 saturated carbocycles. The molecular weight excluding hydrogens is 236 g/mol. The number of nitrogens with one attached hydrogen (secondary N) is 1. The molecule has 1 aromatic carbocycles. The lowest BCUT2D eigenvalue weighted by Gasteiger charge is -2.06. The minimum Gasteiger partial charge on any atom is -0.454 e. The minimum absolute atomic E-state index is 0.352. The molecule has 0 aliphatic rings. The summed E-state index contributed by atoms with van der Waals surface area (Å²) in [5, 5.41) is 1.38. The molecule has 4 heteroatoms. The number of hydrogen-bond donors (Lipinski definition) is 1. The SMILES string of the molecule is Clc1ncccc1Oc1ccc2[c]c[nH]c2c1. The highest BCUT2D eigenvalue weighted by Gasteiger charge is 2.04. The first-order valence-electron chi connectivity index (χ1n) is 5.10. The third-order valence-electron chi connectivity index (χ3n) is 2.40. The van der Waals surface area contributed by atoms with Crippen LogP contribution in [0, 0.1) is 6.07 Å². The standard InChI is InChI=1S/C13H8ClN2O/c14-13-12(2-1-6-16-13)17-10-4-3-9-5-7-15-11(9)8-10/h1-4,6-8,15H. The van der Waals surface area contributed by atoms with Gasteiger partial charge < -0.3 is 9.72 Å². The first-order chi connectivity index (χ1) is 8.33. The van der Waals surface area contributed by atoms with Gasteiger partial charge >= 0.3 is 0 Å². The number of aromatic amines is 1. The molecule has 2 aromatic heterocycles. The summed E-state index contributed by atoms with van der Waals surface area (Å²) in [6.07, 6.45) is 3.39. The van der Waals surface area contributed by atoms with Gasteiger partial charge in [0, 0.05) is 35.4 Å². The molecule has 83 valence electrons. The predicted molar refractivity (Wildman–Crippen MR) is 66.5 cm³/mol. The molecule has 3 nitrogen and oxygen atoms in total. The van der Waals surface area contributed by atoms with Crippen molar-refractivity contribution in [2.75, 3.05) is 0 Å². The zero-order chi connectivity index (χ0) is 11.7. The van der Waals surface area contributed by atoms with Crippen LogP contribution in [-0.2, 0) is 0 Å². The van der Waals surface area contributed by atoms with E-state index < -0.39 is 0 Å². The Bertz CT molecular complexity index is 663. The fourth-order valence-corrected chi connectivity index (χ4v) is 1.76. The maximum Gasteiger partial charge on any atom is 0.171 e. The number of benzene rings is 1. The van der Waals surface area contributed by atoms with Crippen LogP contribution in [-0.4, -0.2) is 9.97 Å². The molecule has 1 N–H and O–H groups in total. The number of rotatable bonds is 2. The summed E-state index contributed by atoms with van der Waals surface area (Å²) in [5.41, 5.74) is 0.975. The first-order valence-corrected chi connectivity index (χ1v) is 5.48. The quantitative estimate of drug-likeness (QED) is 0.695. The van der Waals surface area contributed by atoms with Crippen LogP contribution in [0.1, 0.15) is 0 Å². The van der Waals surface area contributed by atoms with E-state index in [0.29, 0.717) is 16.7 Å². The van der Waals surface area contributed by atoms with Gasteiger partial charge in [-0.1, -0.05) is 11.6 Å². The van der Waals surface area contributed by atoms with Crippen molar-refractivity contribution in [3.8, 4) is 11.5 Å². The molecule has 3 aromatic rings. The van der Waals surface area contributed by atoms with Crippen molar-refractivity contribution in [1.82, 2.24) is 9.97 Å². The van der Waals surface area contributed by atoms with Crippen LogP contribution in [0.5, 0.6) is 11.5 Å². The van der Waals surface area contributed by atoms with E-state index in [4.69, 9.17) is 16.3 Å². The second-order valence-corrected chi connectivity index (χ2v) is 3.89. The summed E-state index contributed by atoms with van der Waals surface area (Å²) in [6.45, 7) is 0. The Kier molecular flexibility index (Phi) is 2.46. The van der Waals surface area contributed by atoms with Crippen LogP contribution in [0.3, 0.4) is 0 Å². The summed E-state index contributed by atoms with van der Waals surface area (Å²) in [4.78, 5) is 7.03. The second-order valence-electron chi connectivity index (χ2n) is 3.53. The normalized spacial score (nSPS) is 10.6. The number of aromatic nitrogens is 2. The highest BCUT2D eigenvalue weighted by molar-refractivity contribution is 6.30. The van der Waals surface area contributed by atoms with Gasteiger partial charge in [0.05, 0.1) is 0 Å². The van der Waals surface area contributed by atoms with Gasteiger partial charge in [-0.05, 0) is 24.3 Å². The van der Waals surface area contributed by atoms with Crippen molar-refractivity contribution < 1.29 is 4.74 Å². The molecule has 17 heavy (non-hydrogen) atoms. The molecule has 2 heterocycles. The number of halogens is 1. The van der Waals surface area contributed by atoms with E-state index in [1.807, 2.05) is 18.2 Å². The van der Waals surface area contributed by atoms with Crippen molar-refractivity contribution in [3.63, 3.8) is 0 Å². The maximum atomic E-state index is 5.92. The van der Waals surface area contributed by atoms with Crippen molar-refractivity contribution >= 4 is 22.5 Å². The van der Waals surface area contributed by atoms with Gasteiger partial charge in [0.15, 0.2) is 10.9 Å². The number of nitrogens with zero attached hydrogens (tertiary/aromatic N) is 1. The van der Waals surface area contributed by atoms with Crippen LogP contribution >= 0.6 is 11.6 Å². The fourth-order valence-electron chi connectivity index (χ4n) is 1.60. The number of hydrogen-bond acceptors (Lipinski definition) is 2. The van der Waals surface area contributed by atoms with E-state index in [-0.39, 0.29) is 0 Å². The van der Waals surface area contributed by atoms with Gasteiger partial charge in [-0.25, -0.2) is 4.98 Å². The van der Waals surface area contributed by atoms with Crippen molar-refractivity contribution in [3.05, 3.63) is 53.9 Å². The number of fused-ring (bicyclic) bond motifs is 1. The van der Waals surface area contributed by atoms with Crippen LogP contribution in [0.25, 0.3) is 10.9 Å². The molecule has 0 saturated heterocycles. The Labute approximate surface area is 103 Å².